The summed E-state index contributed by atoms with van der Waals surface area (Å²) in [7, 11) is -3.80. The Morgan fingerprint density at radius 1 is 0.893 bits per heavy atom. The molecule has 0 radical (unpaired) electrons. The summed E-state index contributed by atoms with van der Waals surface area (Å²) in [5.41, 5.74) is 2.79. The van der Waals surface area contributed by atoms with Gasteiger partial charge in [-0.05, 0) is 61.1 Å². The molecule has 28 heavy (non-hydrogen) atoms. The molecule has 0 spiro atoms. The van der Waals surface area contributed by atoms with Gasteiger partial charge in [0.05, 0.1) is 15.6 Å². The smallest absolute Gasteiger partial charge is 0.262 e. The lowest BCUT2D eigenvalue weighted by Crippen LogP contribution is -2.20. The van der Waals surface area contributed by atoms with E-state index in [0.717, 1.165) is 11.3 Å². The molecular formula is C20H18ClN3O2S2. The molecule has 0 aliphatic carbocycles. The minimum Gasteiger partial charge on any atom is -0.332 e. The lowest BCUT2D eigenvalue weighted by molar-refractivity contribution is 0.601. The second-order valence-electron chi connectivity index (χ2n) is 6.01. The molecule has 0 aromatic heterocycles. The van der Waals surface area contributed by atoms with E-state index >= 15 is 0 Å². The Morgan fingerprint density at radius 2 is 1.57 bits per heavy atom. The Bertz CT molecular complexity index is 1120. The van der Waals surface area contributed by atoms with Crippen LogP contribution in [0.3, 0.4) is 0 Å². The van der Waals surface area contributed by atoms with Crippen LogP contribution in [0.5, 0.6) is 0 Å². The number of thiocarbonyl (C=S) groups is 1. The molecule has 0 fully saturated rings. The fraction of sp³-hybridized carbons (Fsp3) is 0.0500. The first-order chi connectivity index (χ1) is 13.3. The van der Waals surface area contributed by atoms with Gasteiger partial charge in [0.15, 0.2) is 5.11 Å². The summed E-state index contributed by atoms with van der Waals surface area (Å²) >= 11 is 11.4. The molecule has 0 aliphatic rings. The molecule has 3 aromatic carbocycles. The molecular weight excluding hydrogens is 414 g/mol. The lowest BCUT2D eigenvalue weighted by atomic mass is 10.2. The van der Waals surface area contributed by atoms with Crippen LogP contribution < -0.4 is 15.4 Å². The van der Waals surface area contributed by atoms with Crippen LogP contribution in [0.15, 0.2) is 77.7 Å². The van der Waals surface area contributed by atoms with Crippen LogP contribution in [0, 0.1) is 6.92 Å². The van der Waals surface area contributed by atoms with Crippen LogP contribution in [0.1, 0.15) is 5.56 Å². The third kappa shape index (κ3) is 5.01. The van der Waals surface area contributed by atoms with Crippen molar-refractivity contribution in [1.82, 2.24) is 0 Å². The summed E-state index contributed by atoms with van der Waals surface area (Å²) in [6.07, 6.45) is 0. The average Bonchev–Trinajstić information content (AvgIpc) is 2.65. The monoisotopic (exact) mass is 431 g/mol. The first-order valence-corrected chi connectivity index (χ1v) is 10.6. The predicted octanol–water partition coefficient (Wildman–Crippen LogP) is 5.26. The second-order valence-corrected chi connectivity index (χ2v) is 8.51. The van der Waals surface area contributed by atoms with Crippen molar-refractivity contribution < 1.29 is 8.42 Å². The molecule has 0 unspecified atom stereocenters. The van der Waals surface area contributed by atoms with E-state index in [-0.39, 0.29) is 4.90 Å². The number of para-hydroxylation sites is 2. The van der Waals surface area contributed by atoms with E-state index in [1.165, 1.54) is 12.1 Å². The highest BCUT2D eigenvalue weighted by atomic mass is 35.5. The Balaban J connectivity index is 1.75. The van der Waals surface area contributed by atoms with Crippen molar-refractivity contribution in [1.29, 1.82) is 0 Å². The van der Waals surface area contributed by atoms with E-state index < -0.39 is 10.0 Å². The van der Waals surface area contributed by atoms with Gasteiger partial charge in [0, 0.05) is 11.4 Å². The Labute approximate surface area is 174 Å². The van der Waals surface area contributed by atoms with E-state index in [4.69, 9.17) is 23.8 Å². The van der Waals surface area contributed by atoms with Gasteiger partial charge in [-0.2, -0.15) is 0 Å². The highest BCUT2D eigenvalue weighted by Crippen LogP contribution is 2.25. The van der Waals surface area contributed by atoms with Crippen LogP contribution >= 0.6 is 23.8 Å². The predicted molar refractivity (Wildman–Crippen MR) is 120 cm³/mol. The largest absolute Gasteiger partial charge is 0.332 e. The molecule has 5 nitrogen and oxygen atoms in total. The molecule has 0 aliphatic heterocycles. The molecule has 0 amide bonds. The fourth-order valence-corrected chi connectivity index (χ4v) is 4.08. The summed E-state index contributed by atoms with van der Waals surface area (Å²) in [4.78, 5) is 0.0936. The van der Waals surface area contributed by atoms with Crippen molar-refractivity contribution in [2.24, 2.45) is 0 Å². The fourth-order valence-electron chi connectivity index (χ4n) is 2.49. The van der Waals surface area contributed by atoms with Crippen molar-refractivity contribution in [3.63, 3.8) is 0 Å². The normalized spacial score (nSPS) is 10.9. The van der Waals surface area contributed by atoms with Crippen molar-refractivity contribution in [3.05, 3.63) is 83.4 Å². The Kier molecular flexibility index (Phi) is 6.18. The molecule has 3 rings (SSSR count). The van der Waals surface area contributed by atoms with Crippen LogP contribution in [0.2, 0.25) is 5.02 Å². The Hall–Kier alpha value is -2.61. The number of hydrogen-bond donors (Lipinski definition) is 3. The maximum absolute atomic E-state index is 12.7. The molecule has 144 valence electrons. The van der Waals surface area contributed by atoms with Crippen LogP contribution in [-0.2, 0) is 10.0 Å². The zero-order valence-corrected chi connectivity index (χ0v) is 17.3. The molecule has 0 atom stereocenters. The number of aryl methyl sites for hydroxylation is 1. The van der Waals surface area contributed by atoms with E-state index in [1.807, 2.05) is 31.2 Å². The summed E-state index contributed by atoms with van der Waals surface area (Å²) in [5.74, 6) is 0. The molecule has 3 aromatic rings. The minimum absolute atomic E-state index is 0.0936. The molecule has 0 bridgehead atoms. The quantitative estimate of drug-likeness (QED) is 0.481. The third-order valence-electron chi connectivity index (χ3n) is 3.91. The Morgan fingerprint density at radius 3 is 2.29 bits per heavy atom. The van der Waals surface area contributed by atoms with E-state index in [9.17, 15) is 8.42 Å². The van der Waals surface area contributed by atoms with Gasteiger partial charge < -0.3 is 10.6 Å². The van der Waals surface area contributed by atoms with Crippen LogP contribution in [0.4, 0.5) is 17.1 Å². The third-order valence-corrected chi connectivity index (χ3v) is 5.81. The van der Waals surface area contributed by atoms with Crippen LogP contribution in [-0.4, -0.2) is 13.5 Å². The number of rotatable bonds is 5. The lowest BCUT2D eigenvalue weighted by Gasteiger charge is -2.14. The number of anilines is 3. The number of benzene rings is 3. The van der Waals surface area contributed by atoms with E-state index in [2.05, 4.69) is 15.4 Å². The molecule has 0 saturated heterocycles. The number of nitrogens with one attached hydrogen (secondary N) is 3. The van der Waals surface area contributed by atoms with Gasteiger partial charge >= 0.3 is 0 Å². The minimum atomic E-state index is -3.80. The molecule has 3 N–H and O–H groups in total. The number of halogens is 1. The summed E-state index contributed by atoms with van der Waals surface area (Å²) < 4.78 is 27.9. The van der Waals surface area contributed by atoms with Crippen molar-refractivity contribution in [2.45, 2.75) is 11.8 Å². The van der Waals surface area contributed by atoms with Crippen molar-refractivity contribution in [3.8, 4) is 0 Å². The summed E-state index contributed by atoms with van der Waals surface area (Å²) in [6.45, 7) is 1.97. The SMILES string of the molecule is Cc1ccccc1NC(=S)Nc1cccc(S(=O)(=O)Nc2ccccc2Cl)c1. The van der Waals surface area contributed by atoms with Crippen molar-refractivity contribution >= 4 is 56.0 Å². The maximum Gasteiger partial charge on any atom is 0.262 e. The highest BCUT2D eigenvalue weighted by molar-refractivity contribution is 7.92. The van der Waals surface area contributed by atoms with Gasteiger partial charge in [-0.3, -0.25) is 4.72 Å². The van der Waals surface area contributed by atoms with Gasteiger partial charge in [0.25, 0.3) is 10.0 Å². The molecule has 8 heteroatoms. The zero-order valence-electron chi connectivity index (χ0n) is 14.9. The average molecular weight is 432 g/mol. The number of hydrogen-bond acceptors (Lipinski definition) is 3. The number of sulfonamides is 1. The van der Waals surface area contributed by atoms with Gasteiger partial charge in [-0.15, -0.1) is 0 Å². The molecule has 0 heterocycles. The van der Waals surface area contributed by atoms with Crippen molar-refractivity contribution in [2.75, 3.05) is 15.4 Å². The van der Waals surface area contributed by atoms with Gasteiger partial charge in [-0.25, -0.2) is 8.42 Å². The summed E-state index contributed by atoms with van der Waals surface area (Å²) in [6, 6.07) is 20.8. The zero-order chi connectivity index (χ0) is 20.1. The second kappa shape index (κ2) is 8.60. The maximum atomic E-state index is 12.7. The van der Waals surface area contributed by atoms with Gasteiger partial charge in [-0.1, -0.05) is 48.0 Å². The summed E-state index contributed by atoms with van der Waals surface area (Å²) in [5, 5.41) is 6.80. The highest BCUT2D eigenvalue weighted by Gasteiger charge is 2.16. The topological polar surface area (TPSA) is 70.2 Å². The van der Waals surface area contributed by atoms with Crippen LogP contribution in [0.25, 0.3) is 0 Å². The standard InChI is InChI=1S/C20H18ClN3O2S2/c1-14-7-2-4-11-18(14)23-20(27)22-15-8-6-9-16(13-15)28(25,26)24-19-12-5-3-10-17(19)21/h2-13,24H,1H3,(H2,22,23,27). The van der Waals surface area contributed by atoms with E-state index in [1.54, 1.807) is 36.4 Å². The van der Waals surface area contributed by atoms with Gasteiger partial charge in [0.1, 0.15) is 0 Å². The molecule has 0 saturated carbocycles. The first kappa shape index (κ1) is 20.1. The van der Waals surface area contributed by atoms with E-state index in [0.29, 0.717) is 21.5 Å². The first-order valence-electron chi connectivity index (χ1n) is 8.36. The van der Waals surface area contributed by atoms with Gasteiger partial charge in [0.2, 0.25) is 0 Å².